The summed E-state index contributed by atoms with van der Waals surface area (Å²) in [5.41, 5.74) is 1.13. The third-order valence-electron chi connectivity index (χ3n) is 3.74. The first kappa shape index (κ1) is 16.1. The molecule has 0 radical (unpaired) electrons. The normalized spacial score (nSPS) is 21.0. The zero-order valence-corrected chi connectivity index (χ0v) is 14.6. The Balaban J connectivity index is 1.91. The van der Waals surface area contributed by atoms with E-state index in [-0.39, 0.29) is 10.9 Å². The molecule has 1 fully saturated rings. The minimum absolute atomic E-state index is 0.309. The summed E-state index contributed by atoms with van der Waals surface area (Å²) in [5.74, 6) is 0.540. The Morgan fingerprint density at radius 1 is 1.30 bits per heavy atom. The Kier molecular flexibility index (Phi) is 4.46. The molecule has 3 rings (SSSR count). The lowest BCUT2D eigenvalue weighted by molar-refractivity contribution is -0.524. The molecule has 0 spiro atoms. The molecule has 0 amide bonds. The van der Waals surface area contributed by atoms with Gasteiger partial charge in [-0.1, -0.05) is 54.3 Å². The highest BCUT2D eigenvalue weighted by Crippen LogP contribution is 2.42. The average Bonchev–Trinajstić information content (AvgIpc) is 3.06. The SMILES string of the molecule is CC1(C)SC(=S)N(Cc2ccccc2)[C@H]1/[N+]([O-])=C/c1ccco1. The molecular formula is C17H18N2O2S2. The van der Waals surface area contributed by atoms with Crippen LogP contribution in [0.3, 0.4) is 0 Å². The standard InChI is InChI=1S/C17H18N2O2S2/c1-17(2)15(19(20)12-14-9-6-10-21-14)18(16(22)23-17)11-13-7-4-3-5-8-13/h3-10,12,15H,11H2,1-2H3/b19-12-/t15-/m0/s1. The van der Waals surface area contributed by atoms with E-state index in [1.165, 1.54) is 6.21 Å². The van der Waals surface area contributed by atoms with Gasteiger partial charge in [0.15, 0.2) is 5.76 Å². The summed E-state index contributed by atoms with van der Waals surface area (Å²) in [6, 6.07) is 13.6. The highest BCUT2D eigenvalue weighted by atomic mass is 32.2. The largest absolute Gasteiger partial charge is 0.622 e. The van der Waals surface area contributed by atoms with E-state index in [0.717, 1.165) is 14.6 Å². The van der Waals surface area contributed by atoms with Crippen LogP contribution >= 0.6 is 24.0 Å². The van der Waals surface area contributed by atoms with E-state index in [2.05, 4.69) is 0 Å². The van der Waals surface area contributed by atoms with Crippen LogP contribution in [-0.2, 0) is 6.54 Å². The number of thiocarbonyl (C=S) groups is 1. The second kappa shape index (κ2) is 6.37. The van der Waals surface area contributed by atoms with Crippen LogP contribution in [0, 0.1) is 5.21 Å². The van der Waals surface area contributed by atoms with Gasteiger partial charge in [0.2, 0.25) is 6.21 Å². The van der Waals surface area contributed by atoms with Crippen molar-refractivity contribution in [3.8, 4) is 0 Å². The summed E-state index contributed by atoms with van der Waals surface area (Å²) in [7, 11) is 0. The van der Waals surface area contributed by atoms with E-state index in [0.29, 0.717) is 12.3 Å². The number of nitrogens with zero attached hydrogens (tertiary/aromatic N) is 2. The van der Waals surface area contributed by atoms with Gasteiger partial charge < -0.3 is 9.62 Å². The fraction of sp³-hybridized carbons (Fsp3) is 0.294. The minimum Gasteiger partial charge on any atom is -0.622 e. The van der Waals surface area contributed by atoms with E-state index >= 15 is 0 Å². The predicted octanol–water partition coefficient (Wildman–Crippen LogP) is 3.85. The van der Waals surface area contributed by atoms with Crippen molar-refractivity contribution in [3.05, 3.63) is 65.3 Å². The Labute approximate surface area is 145 Å². The molecule has 6 heteroatoms. The monoisotopic (exact) mass is 346 g/mol. The first-order valence-electron chi connectivity index (χ1n) is 7.35. The molecular weight excluding hydrogens is 328 g/mol. The number of benzene rings is 1. The first-order chi connectivity index (χ1) is 11.0. The zero-order chi connectivity index (χ0) is 16.4. The van der Waals surface area contributed by atoms with Crippen molar-refractivity contribution in [2.75, 3.05) is 0 Å². The zero-order valence-electron chi connectivity index (χ0n) is 13.0. The first-order valence-corrected chi connectivity index (χ1v) is 8.57. The molecule has 1 saturated heterocycles. The number of thioether (sulfide) groups is 1. The Morgan fingerprint density at radius 3 is 2.70 bits per heavy atom. The third-order valence-corrected chi connectivity index (χ3v) is 5.37. The van der Waals surface area contributed by atoms with E-state index in [1.807, 2.05) is 49.1 Å². The van der Waals surface area contributed by atoms with Crippen LogP contribution in [0.1, 0.15) is 25.2 Å². The van der Waals surface area contributed by atoms with Gasteiger partial charge in [-0.3, -0.25) is 4.90 Å². The number of hydroxylamine groups is 1. The van der Waals surface area contributed by atoms with E-state index in [1.54, 1.807) is 30.2 Å². The van der Waals surface area contributed by atoms with Crippen LogP contribution in [-0.4, -0.2) is 31.1 Å². The summed E-state index contributed by atoms with van der Waals surface area (Å²) in [5, 5.41) is 12.8. The maximum atomic E-state index is 12.8. The molecule has 0 bridgehead atoms. The predicted molar refractivity (Wildman–Crippen MR) is 97.5 cm³/mol. The van der Waals surface area contributed by atoms with E-state index in [9.17, 15) is 5.21 Å². The lowest BCUT2D eigenvalue weighted by Gasteiger charge is -2.29. The molecule has 2 aromatic rings. The van der Waals surface area contributed by atoms with Crippen molar-refractivity contribution >= 4 is 34.5 Å². The van der Waals surface area contributed by atoms with Crippen LogP contribution in [0.2, 0.25) is 0 Å². The highest BCUT2D eigenvalue weighted by Gasteiger charge is 2.50. The quantitative estimate of drug-likeness (QED) is 0.277. The van der Waals surface area contributed by atoms with Crippen molar-refractivity contribution in [1.82, 2.24) is 4.90 Å². The number of hydrogen-bond acceptors (Lipinski definition) is 4. The fourth-order valence-corrected chi connectivity index (χ4v) is 4.62. The number of rotatable bonds is 4. The minimum atomic E-state index is -0.384. The molecule has 2 heterocycles. The van der Waals surface area contributed by atoms with E-state index in [4.69, 9.17) is 16.6 Å². The smallest absolute Gasteiger partial charge is 0.254 e. The fourth-order valence-electron chi connectivity index (χ4n) is 2.75. The molecule has 1 aliphatic heterocycles. The van der Waals surface area contributed by atoms with Crippen LogP contribution < -0.4 is 0 Å². The highest BCUT2D eigenvalue weighted by molar-refractivity contribution is 8.24. The maximum Gasteiger partial charge on any atom is 0.254 e. The van der Waals surface area contributed by atoms with Crippen molar-refractivity contribution in [3.63, 3.8) is 0 Å². The van der Waals surface area contributed by atoms with Crippen molar-refractivity contribution < 1.29 is 9.16 Å². The van der Waals surface area contributed by atoms with Gasteiger partial charge in [0.25, 0.3) is 6.17 Å². The lowest BCUT2D eigenvalue weighted by Crippen LogP contribution is -2.47. The summed E-state index contributed by atoms with van der Waals surface area (Å²) >= 11 is 7.08. The molecule has 0 aliphatic carbocycles. The Bertz CT molecular complexity index is 711. The number of hydrogen-bond donors (Lipinski definition) is 0. The van der Waals surface area contributed by atoms with Crippen LogP contribution in [0.25, 0.3) is 0 Å². The summed E-state index contributed by atoms with van der Waals surface area (Å²) in [6.45, 7) is 4.70. The van der Waals surface area contributed by atoms with Gasteiger partial charge in [-0.15, -0.1) is 0 Å². The van der Waals surface area contributed by atoms with Gasteiger partial charge in [-0.25, -0.2) is 0 Å². The van der Waals surface area contributed by atoms with Gasteiger partial charge in [-0.05, 0) is 31.5 Å². The number of furan rings is 1. The molecule has 0 saturated carbocycles. The molecule has 1 aromatic carbocycles. The van der Waals surface area contributed by atoms with Gasteiger partial charge in [0.05, 0.1) is 12.8 Å². The molecule has 1 aromatic heterocycles. The van der Waals surface area contributed by atoms with Crippen molar-refractivity contribution in [2.24, 2.45) is 0 Å². The van der Waals surface area contributed by atoms with Crippen LogP contribution in [0.15, 0.2) is 53.1 Å². The second-order valence-corrected chi connectivity index (χ2v) is 8.25. The van der Waals surface area contributed by atoms with Crippen LogP contribution in [0.4, 0.5) is 0 Å². The molecule has 23 heavy (non-hydrogen) atoms. The molecule has 4 nitrogen and oxygen atoms in total. The topological polar surface area (TPSA) is 42.5 Å². The third kappa shape index (κ3) is 3.43. The molecule has 0 unspecified atom stereocenters. The Hall–Kier alpha value is -1.79. The molecule has 1 aliphatic rings. The summed E-state index contributed by atoms with van der Waals surface area (Å²) in [4.78, 5) is 1.99. The molecule has 1 atom stereocenters. The van der Waals surface area contributed by atoms with Crippen molar-refractivity contribution in [2.45, 2.75) is 31.3 Å². The van der Waals surface area contributed by atoms with Crippen LogP contribution in [0.5, 0.6) is 0 Å². The summed E-state index contributed by atoms with van der Waals surface area (Å²) in [6.07, 6.45) is 2.66. The Morgan fingerprint density at radius 2 is 2.04 bits per heavy atom. The molecule has 0 N–H and O–H groups in total. The van der Waals surface area contributed by atoms with Gasteiger partial charge in [0, 0.05) is 0 Å². The molecule has 120 valence electrons. The summed E-state index contributed by atoms with van der Waals surface area (Å²) < 4.78 is 6.65. The second-order valence-electron chi connectivity index (χ2n) is 5.96. The van der Waals surface area contributed by atoms with Gasteiger partial charge >= 0.3 is 0 Å². The lowest BCUT2D eigenvalue weighted by atomic mass is 10.1. The average molecular weight is 346 g/mol. The van der Waals surface area contributed by atoms with Crippen molar-refractivity contribution in [1.29, 1.82) is 0 Å². The van der Waals surface area contributed by atoms with E-state index < -0.39 is 0 Å². The van der Waals surface area contributed by atoms with Gasteiger partial charge in [-0.2, -0.15) is 4.74 Å². The van der Waals surface area contributed by atoms with Gasteiger partial charge in [0.1, 0.15) is 9.07 Å². The maximum absolute atomic E-state index is 12.8.